The van der Waals surface area contributed by atoms with Crippen LogP contribution in [-0.4, -0.2) is 35.9 Å². The zero-order valence-electron chi connectivity index (χ0n) is 18.4. The zero-order chi connectivity index (χ0) is 21.4. The van der Waals surface area contributed by atoms with Gasteiger partial charge < -0.3 is 14.4 Å². The van der Waals surface area contributed by atoms with Crippen molar-refractivity contribution in [1.82, 2.24) is 4.90 Å². The summed E-state index contributed by atoms with van der Waals surface area (Å²) < 4.78 is 12.6. The summed E-state index contributed by atoms with van der Waals surface area (Å²) in [6.07, 6.45) is 4.08. The minimum atomic E-state index is -0.604. The van der Waals surface area contributed by atoms with E-state index in [1.54, 1.807) is 11.8 Å². The van der Waals surface area contributed by atoms with Crippen LogP contribution in [0.15, 0.2) is 47.4 Å². The van der Waals surface area contributed by atoms with Gasteiger partial charge in [0, 0.05) is 42.8 Å². The van der Waals surface area contributed by atoms with Gasteiger partial charge in [-0.1, -0.05) is 39.0 Å². The summed E-state index contributed by atoms with van der Waals surface area (Å²) in [6, 6.07) is 15.0. The number of hydrogen-bond acceptors (Lipinski definition) is 4. The van der Waals surface area contributed by atoms with Crippen LogP contribution in [0.3, 0.4) is 0 Å². The number of hydrogen-bond donors (Lipinski definition) is 0. The van der Waals surface area contributed by atoms with E-state index in [-0.39, 0.29) is 11.3 Å². The van der Waals surface area contributed by atoms with Gasteiger partial charge in [0.05, 0.1) is 6.61 Å². The highest BCUT2D eigenvalue weighted by molar-refractivity contribution is 7.98. The van der Waals surface area contributed by atoms with Crippen LogP contribution in [0, 0.1) is 5.41 Å². The van der Waals surface area contributed by atoms with E-state index >= 15 is 0 Å². The molecule has 0 bridgehead atoms. The first-order chi connectivity index (χ1) is 14.3. The second kappa shape index (κ2) is 8.27. The lowest BCUT2D eigenvalue weighted by atomic mass is 9.91. The van der Waals surface area contributed by atoms with Crippen LogP contribution >= 0.6 is 11.8 Å². The Balaban J connectivity index is 1.42. The molecule has 0 unspecified atom stereocenters. The summed E-state index contributed by atoms with van der Waals surface area (Å²) in [5.74, 6) is 0.526. The van der Waals surface area contributed by atoms with Crippen molar-refractivity contribution in [2.45, 2.75) is 57.3 Å². The summed E-state index contributed by atoms with van der Waals surface area (Å²) in [7, 11) is 0. The fourth-order valence-electron chi connectivity index (χ4n) is 4.10. The van der Waals surface area contributed by atoms with Gasteiger partial charge in [0.15, 0.2) is 0 Å². The number of thioether (sulfide) groups is 1. The Labute approximate surface area is 183 Å². The summed E-state index contributed by atoms with van der Waals surface area (Å²) >= 11 is 1.75. The Morgan fingerprint density at radius 1 is 1.07 bits per heavy atom. The molecule has 1 fully saturated rings. The molecular formula is C25H31NO3S. The molecule has 0 radical (unpaired) electrons. The molecule has 4 rings (SSSR count). The number of carbonyl (C=O) groups excluding carboxylic acids is 1. The summed E-state index contributed by atoms with van der Waals surface area (Å²) in [5.41, 5.74) is 3.46. The maximum atomic E-state index is 12.5. The van der Waals surface area contributed by atoms with Crippen molar-refractivity contribution in [3.63, 3.8) is 0 Å². The van der Waals surface area contributed by atoms with Crippen molar-refractivity contribution in [3.8, 4) is 16.9 Å². The lowest BCUT2D eigenvalue weighted by Gasteiger charge is -2.44. The average Bonchev–Trinajstić information content (AvgIpc) is 2.73. The lowest BCUT2D eigenvalue weighted by molar-refractivity contribution is -0.227. The highest BCUT2D eigenvalue weighted by Crippen LogP contribution is 2.39. The number of benzene rings is 2. The summed E-state index contributed by atoms with van der Waals surface area (Å²) in [4.78, 5) is 15.8. The first-order valence-electron chi connectivity index (χ1n) is 10.7. The van der Waals surface area contributed by atoms with Crippen molar-refractivity contribution in [3.05, 3.63) is 48.0 Å². The highest BCUT2D eigenvalue weighted by Gasteiger charge is 2.42. The van der Waals surface area contributed by atoms with E-state index in [0.29, 0.717) is 39.0 Å². The molecular weight excluding hydrogens is 394 g/mol. The largest absolute Gasteiger partial charge is 0.462 e. The molecule has 30 heavy (non-hydrogen) atoms. The van der Waals surface area contributed by atoms with Crippen LogP contribution in [0.4, 0.5) is 0 Å². The van der Waals surface area contributed by atoms with E-state index < -0.39 is 5.79 Å². The fourth-order valence-corrected chi connectivity index (χ4v) is 4.51. The normalized spacial score (nSPS) is 18.1. The maximum absolute atomic E-state index is 12.5. The van der Waals surface area contributed by atoms with Crippen LogP contribution in [0.25, 0.3) is 11.1 Å². The van der Waals surface area contributed by atoms with Crippen molar-refractivity contribution in [1.29, 1.82) is 0 Å². The molecule has 5 heteroatoms. The molecule has 1 saturated heterocycles. The molecule has 2 aliphatic heterocycles. The Morgan fingerprint density at radius 2 is 1.73 bits per heavy atom. The van der Waals surface area contributed by atoms with Gasteiger partial charge in [-0.15, -0.1) is 11.8 Å². The van der Waals surface area contributed by atoms with Gasteiger partial charge in [0.25, 0.3) is 0 Å². The van der Waals surface area contributed by atoms with E-state index in [0.717, 1.165) is 11.3 Å². The molecule has 0 atom stereocenters. The van der Waals surface area contributed by atoms with E-state index in [2.05, 4.69) is 69.5 Å². The Kier molecular flexibility index (Phi) is 5.86. The van der Waals surface area contributed by atoms with Gasteiger partial charge in [-0.05, 0) is 47.1 Å². The monoisotopic (exact) mass is 425 g/mol. The number of likely N-dealkylation sites (tertiary alicyclic amines) is 1. The third-order valence-electron chi connectivity index (χ3n) is 5.83. The molecule has 1 spiro atoms. The highest BCUT2D eigenvalue weighted by atomic mass is 32.2. The molecule has 2 aromatic carbocycles. The van der Waals surface area contributed by atoms with Crippen molar-refractivity contribution in [2.24, 2.45) is 5.41 Å². The lowest BCUT2D eigenvalue weighted by Crippen LogP contribution is -2.52. The van der Waals surface area contributed by atoms with Gasteiger partial charge in [-0.2, -0.15) is 0 Å². The summed E-state index contributed by atoms with van der Waals surface area (Å²) in [5, 5.41) is 0. The van der Waals surface area contributed by atoms with E-state index in [9.17, 15) is 4.79 Å². The molecule has 4 nitrogen and oxygen atoms in total. The Hall–Kier alpha value is -1.98. The second-order valence-electron chi connectivity index (χ2n) is 9.47. The third-order valence-corrected chi connectivity index (χ3v) is 6.57. The van der Waals surface area contributed by atoms with Crippen LogP contribution in [0.2, 0.25) is 0 Å². The number of rotatable bonds is 3. The van der Waals surface area contributed by atoms with Gasteiger partial charge in [0.2, 0.25) is 11.7 Å². The number of fused-ring (bicyclic) bond motifs is 1. The number of carbonyl (C=O) groups is 1. The smallest absolute Gasteiger partial charge is 0.223 e. The first-order valence-corrected chi connectivity index (χ1v) is 11.9. The van der Waals surface area contributed by atoms with E-state index in [1.165, 1.54) is 16.0 Å². The van der Waals surface area contributed by atoms with Crippen molar-refractivity contribution < 1.29 is 14.3 Å². The predicted octanol–water partition coefficient (Wildman–Crippen LogP) is 5.74. The molecule has 2 aromatic rings. The van der Waals surface area contributed by atoms with Crippen molar-refractivity contribution >= 4 is 17.7 Å². The SMILES string of the molecule is CSc1ccc(-c2ccc3c(c2)COC2(CCN(C(=O)CC(C)(C)C)CC2)O3)cc1. The van der Waals surface area contributed by atoms with Crippen LogP contribution in [0.5, 0.6) is 5.75 Å². The van der Waals surface area contributed by atoms with Gasteiger partial charge in [-0.25, -0.2) is 0 Å². The first kappa shape index (κ1) is 21.3. The molecule has 2 aliphatic rings. The summed E-state index contributed by atoms with van der Waals surface area (Å²) in [6.45, 7) is 8.22. The molecule has 0 saturated carbocycles. The number of amides is 1. The van der Waals surface area contributed by atoms with Crippen molar-refractivity contribution in [2.75, 3.05) is 19.3 Å². The molecule has 1 amide bonds. The predicted molar refractivity (Wildman–Crippen MR) is 122 cm³/mol. The molecule has 160 valence electrons. The number of nitrogens with zero attached hydrogens (tertiary/aromatic N) is 1. The number of piperidine rings is 1. The average molecular weight is 426 g/mol. The maximum Gasteiger partial charge on any atom is 0.223 e. The standard InChI is InChI=1S/C25H31NO3S/c1-24(2,3)16-23(27)26-13-11-25(12-14-26)28-17-20-15-19(7-10-22(20)29-25)18-5-8-21(30-4)9-6-18/h5-10,15H,11-14,16-17H2,1-4H3. The second-order valence-corrected chi connectivity index (χ2v) is 10.4. The minimum Gasteiger partial charge on any atom is -0.462 e. The Morgan fingerprint density at radius 3 is 2.37 bits per heavy atom. The molecule has 2 heterocycles. The molecule has 0 N–H and O–H groups in total. The van der Waals surface area contributed by atoms with Crippen LogP contribution in [-0.2, 0) is 16.1 Å². The van der Waals surface area contributed by atoms with Crippen LogP contribution in [0.1, 0.15) is 45.6 Å². The van der Waals surface area contributed by atoms with E-state index in [4.69, 9.17) is 9.47 Å². The van der Waals surface area contributed by atoms with Gasteiger partial charge >= 0.3 is 0 Å². The number of ether oxygens (including phenoxy) is 2. The topological polar surface area (TPSA) is 38.8 Å². The van der Waals surface area contributed by atoms with E-state index in [1.807, 2.05) is 4.90 Å². The van der Waals surface area contributed by atoms with Gasteiger partial charge in [0.1, 0.15) is 5.75 Å². The van der Waals surface area contributed by atoms with Gasteiger partial charge in [-0.3, -0.25) is 4.79 Å². The molecule has 0 aromatic heterocycles. The fraction of sp³-hybridized carbons (Fsp3) is 0.480. The zero-order valence-corrected chi connectivity index (χ0v) is 19.2. The third kappa shape index (κ3) is 4.68. The Bertz CT molecular complexity index is 909. The molecule has 0 aliphatic carbocycles. The minimum absolute atomic E-state index is 0.0103. The van der Waals surface area contributed by atoms with Crippen LogP contribution < -0.4 is 4.74 Å². The quantitative estimate of drug-likeness (QED) is 0.588.